The molecule has 0 saturated carbocycles. The molecule has 4 nitrogen and oxygen atoms in total. The largest absolute Gasteiger partial charge is 0.456 e. The second-order valence-electron chi connectivity index (χ2n) is 16.5. The highest BCUT2D eigenvalue weighted by Gasteiger charge is 2.49. The molecule has 0 unspecified atom stereocenters. The number of hydrogen-bond acceptors (Lipinski definition) is 4. The fourth-order valence-corrected chi connectivity index (χ4v) is 9.75. The molecule has 6 aromatic carbocycles. The van der Waals surface area contributed by atoms with E-state index in [1.54, 1.807) is 0 Å². The van der Waals surface area contributed by atoms with E-state index in [0.29, 0.717) is 0 Å². The summed E-state index contributed by atoms with van der Waals surface area (Å²) in [4.78, 5) is 5.12. The lowest BCUT2D eigenvalue weighted by molar-refractivity contribution is 0.332. The number of aryl methyl sites for hydroxylation is 2. The third-order valence-corrected chi connectivity index (χ3v) is 12.4. The molecule has 0 saturated heterocycles. The standard InChI is InChI=1S/C46H39BN2O2/c1-26-20-31-29-13-11-17-41-44(29)49(35-14-8-10-16-40(35)51-41)47-34-23-30-28-12-7-9-15-39(28)50-42(30)25-37(34)48(38(21-26)43(31)47)36-24-33-32(22-27(36)2)45(3,4)18-19-46(33,5)6/h7-17,20-25H,18-19H2,1-6H3. The van der Waals surface area contributed by atoms with E-state index >= 15 is 0 Å². The Morgan fingerprint density at radius 1 is 0.608 bits per heavy atom. The summed E-state index contributed by atoms with van der Waals surface area (Å²) >= 11 is 0. The smallest absolute Gasteiger partial charge is 0.333 e. The van der Waals surface area contributed by atoms with Gasteiger partial charge in [0.05, 0.1) is 11.4 Å². The van der Waals surface area contributed by atoms with Crippen LogP contribution in [-0.2, 0) is 10.8 Å². The van der Waals surface area contributed by atoms with Crippen molar-refractivity contribution in [2.45, 2.75) is 65.2 Å². The molecule has 4 aliphatic rings. The van der Waals surface area contributed by atoms with Crippen molar-refractivity contribution in [1.29, 1.82) is 0 Å². The molecule has 0 spiro atoms. The summed E-state index contributed by atoms with van der Waals surface area (Å²) in [6.45, 7) is 14.2. The molecule has 0 radical (unpaired) electrons. The molecule has 0 amide bonds. The van der Waals surface area contributed by atoms with Crippen LogP contribution in [0, 0.1) is 13.8 Å². The van der Waals surface area contributed by atoms with Gasteiger partial charge in [0, 0.05) is 39.5 Å². The van der Waals surface area contributed by atoms with Gasteiger partial charge in [-0.1, -0.05) is 88.4 Å². The van der Waals surface area contributed by atoms with Gasteiger partial charge in [0.2, 0.25) is 0 Å². The van der Waals surface area contributed by atoms with E-state index in [-0.39, 0.29) is 17.7 Å². The summed E-state index contributed by atoms with van der Waals surface area (Å²) in [5, 5.41) is 2.29. The molecule has 11 rings (SSSR count). The van der Waals surface area contributed by atoms with E-state index in [1.165, 1.54) is 68.5 Å². The molecule has 3 aliphatic heterocycles. The van der Waals surface area contributed by atoms with Crippen LogP contribution >= 0.6 is 0 Å². The Morgan fingerprint density at radius 3 is 2.20 bits per heavy atom. The summed E-state index contributed by atoms with van der Waals surface area (Å²) in [7, 11) is 0. The molecule has 1 aliphatic carbocycles. The van der Waals surface area contributed by atoms with Crippen molar-refractivity contribution in [3.05, 3.63) is 125 Å². The summed E-state index contributed by atoms with van der Waals surface area (Å²) < 4.78 is 13.3. The van der Waals surface area contributed by atoms with Gasteiger partial charge in [-0.05, 0) is 113 Å². The highest BCUT2D eigenvalue weighted by Crippen LogP contribution is 2.56. The van der Waals surface area contributed by atoms with Crippen molar-refractivity contribution in [1.82, 2.24) is 0 Å². The van der Waals surface area contributed by atoms with Crippen molar-refractivity contribution in [2.75, 3.05) is 9.71 Å². The van der Waals surface area contributed by atoms with Crippen LogP contribution in [-0.4, -0.2) is 6.85 Å². The van der Waals surface area contributed by atoms with Gasteiger partial charge in [-0.2, -0.15) is 0 Å². The van der Waals surface area contributed by atoms with Crippen LogP contribution in [0.3, 0.4) is 0 Å². The number of benzene rings is 6. The van der Waals surface area contributed by atoms with E-state index in [4.69, 9.17) is 9.15 Å². The minimum absolute atomic E-state index is 0.0769. The van der Waals surface area contributed by atoms with Gasteiger partial charge in [-0.25, -0.2) is 0 Å². The fraction of sp³-hybridized carbons (Fsp3) is 0.217. The lowest BCUT2D eigenvalue weighted by atomic mass is 9.43. The van der Waals surface area contributed by atoms with Crippen molar-refractivity contribution < 1.29 is 9.15 Å². The molecule has 0 fully saturated rings. The number of furan rings is 1. The van der Waals surface area contributed by atoms with Gasteiger partial charge in [-0.15, -0.1) is 0 Å². The Hall–Kier alpha value is -5.42. The first-order valence-corrected chi connectivity index (χ1v) is 18.3. The summed E-state index contributed by atoms with van der Waals surface area (Å²) in [6, 6.07) is 38.1. The van der Waals surface area contributed by atoms with E-state index in [0.717, 1.165) is 50.5 Å². The normalized spacial score (nSPS) is 17.0. The van der Waals surface area contributed by atoms with Crippen LogP contribution in [0.15, 0.2) is 108 Å². The van der Waals surface area contributed by atoms with E-state index in [2.05, 4.69) is 154 Å². The summed E-state index contributed by atoms with van der Waals surface area (Å²) in [6.07, 6.45) is 2.36. The topological polar surface area (TPSA) is 28.9 Å². The zero-order valence-corrected chi connectivity index (χ0v) is 30.0. The third-order valence-electron chi connectivity index (χ3n) is 12.4. The van der Waals surface area contributed by atoms with Crippen molar-refractivity contribution >= 4 is 68.1 Å². The molecule has 51 heavy (non-hydrogen) atoms. The third kappa shape index (κ3) is 3.81. The molecular formula is C46H39BN2O2. The average Bonchev–Trinajstić information content (AvgIpc) is 3.48. The summed E-state index contributed by atoms with van der Waals surface area (Å²) in [5.41, 5.74) is 18.5. The molecule has 1 aromatic heterocycles. The quantitative estimate of drug-likeness (QED) is 0.164. The second-order valence-corrected chi connectivity index (χ2v) is 16.5. The number of rotatable bonds is 1. The predicted molar refractivity (Wildman–Crippen MR) is 212 cm³/mol. The van der Waals surface area contributed by atoms with Gasteiger partial charge in [-0.3, -0.25) is 0 Å². The number of hydrogen-bond donors (Lipinski definition) is 0. The second kappa shape index (κ2) is 9.67. The van der Waals surface area contributed by atoms with Gasteiger partial charge in [0.15, 0.2) is 5.75 Å². The Bertz CT molecular complexity index is 2680. The zero-order valence-electron chi connectivity index (χ0n) is 30.0. The molecule has 248 valence electrons. The van der Waals surface area contributed by atoms with E-state index in [9.17, 15) is 0 Å². The van der Waals surface area contributed by atoms with Crippen LogP contribution in [0.2, 0.25) is 0 Å². The number of nitrogens with zero attached hydrogens (tertiary/aromatic N) is 2. The highest BCUT2D eigenvalue weighted by atomic mass is 16.5. The molecule has 7 aromatic rings. The van der Waals surface area contributed by atoms with Crippen molar-refractivity contribution in [3.63, 3.8) is 0 Å². The van der Waals surface area contributed by atoms with Gasteiger partial charge in [0.25, 0.3) is 0 Å². The maximum atomic E-state index is 6.64. The number of anilines is 5. The first-order chi connectivity index (χ1) is 24.6. The Balaban J connectivity index is 1.29. The molecule has 0 bridgehead atoms. The number of para-hydroxylation sites is 4. The first kappa shape index (κ1) is 29.3. The number of fused-ring (bicyclic) bond motifs is 10. The van der Waals surface area contributed by atoms with E-state index < -0.39 is 0 Å². The van der Waals surface area contributed by atoms with Gasteiger partial charge < -0.3 is 18.9 Å². The van der Waals surface area contributed by atoms with Crippen LogP contribution in [0.4, 0.5) is 28.4 Å². The monoisotopic (exact) mass is 662 g/mol. The SMILES string of the molecule is Cc1cc2c3c(c1)N(c1cc4c(cc1C)C(C)(C)CCC4(C)C)c1cc4oc5ccccc5c4cc1B3N1c3ccccc3Oc3cccc-2c31. The van der Waals surface area contributed by atoms with Gasteiger partial charge in [0.1, 0.15) is 16.9 Å². The first-order valence-electron chi connectivity index (χ1n) is 18.3. The Kier molecular flexibility index (Phi) is 5.56. The predicted octanol–water partition coefficient (Wildman–Crippen LogP) is 11.4. The van der Waals surface area contributed by atoms with Crippen LogP contribution in [0.5, 0.6) is 11.5 Å². The minimum atomic E-state index is -0.0769. The molecule has 0 N–H and O–H groups in total. The van der Waals surface area contributed by atoms with Crippen molar-refractivity contribution in [2.24, 2.45) is 0 Å². The number of ether oxygens (including phenoxy) is 1. The van der Waals surface area contributed by atoms with Crippen molar-refractivity contribution in [3.8, 4) is 22.6 Å². The maximum Gasteiger partial charge on any atom is 0.333 e. The maximum absolute atomic E-state index is 6.64. The molecule has 4 heterocycles. The molecule has 5 heteroatoms. The van der Waals surface area contributed by atoms with Crippen LogP contribution < -0.4 is 25.4 Å². The lowest BCUT2D eigenvalue weighted by Gasteiger charge is -2.48. The average molecular weight is 663 g/mol. The highest BCUT2D eigenvalue weighted by molar-refractivity contribution is 6.94. The molecular weight excluding hydrogens is 623 g/mol. The van der Waals surface area contributed by atoms with E-state index in [1.807, 2.05) is 0 Å². The molecule has 0 atom stereocenters. The zero-order chi connectivity index (χ0) is 34.6. The lowest BCUT2D eigenvalue weighted by Crippen LogP contribution is -2.62. The Labute approximate surface area is 299 Å². The minimum Gasteiger partial charge on any atom is -0.456 e. The fourth-order valence-electron chi connectivity index (χ4n) is 9.75. The van der Waals surface area contributed by atoms with Crippen LogP contribution in [0.1, 0.15) is 62.8 Å². The summed E-state index contributed by atoms with van der Waals surface area (Å²) in [5.74, 6) is 1.78. The van der Waals surface area contributed by atoms with Gasteiger partial charge >= 0.3 is 6.85 Å². The van der Waals surface area contributed by atoms with Crippen LogP contribution in [0.25, 0.3) is 33.1 Å². The Morgan fingerprint density at radius 2 is 1.35 bits per heavy atom.